The Morgan fingerprint density at radius 3 is 2.41 bits per heavy atom. The lowest BCUT2D eigenvalue weighted by atomic mass is 9.86. The van der Waals surface area contributed by atoms with E-state index in [9.17, 15) is 9.59 Å². The molecular formula is C22H40O5P2. The standard InChI is InChI=1S/C22H40O5P2/c1-2-3-4-5-8-11-17(23)14-15-19-18(20(26-28)16-21(19)27-29)12-9-6-7-10-13-22(24)25/h6,9,18-21H,2-5,7-8,10-16,28-29H2,1H3,(H,24,25)/b9-6-/t18?,19-,20+,21-/m1/s1/i28T,29T/t18?,19-,20+,21-,28?,29?. The van der Waals surface area contributed by atoms with Crippen molar-refractivity contribution in [3.63, 3.8) is 0 Å². The van der Waals surface area contributed by atoms with E-state index >= 15 is 0 Å². The molecule has 29 heavy (non-hydrogen) atoms. The van der Waals surface area contributed by atoms with Gasteiger partial charge in [-0.15, -0.1) is 0 Å². The Hall–Kier alpha value is -0.340. The number of carboxylic acid groups (broad SMARTS) is 1. The Kier molecular flexibility index (Phi) is 13.2. The largest absolute Gasteiger partial charge is 0.481 e. The minimum absolute atomic E-state index is 0.0880. The summed E-state index contributed by atoms with van der Waals surface area (Å²) in [5.41, 5.74) is 0. The maximum atomic E-state index is 12.4. The predicted octanol–water partition coefficient (Wildman–Crippen LogP) is 5.88. The van der Waals surface area contributed by atoms with Crippen LogP contribution in [0.4, 0.5) is 0 Å². The number of hydrogen-bond donors (Lipinski definition) is 1. The van der Waals surface area contributed by atoms with Gasteiger partial charge in [-0.3, -0.25) is 9.59 Å². The highest BCUT2D eigenvalue weighted by Crippen LogP contribution is 2.42. The SMILES string of the molecule is [3H]PO[C@H]1C[C@@H](OP[3H])[C@H](CCC(=O)CCCCCCC)C1C/C=C\CCCC(=O)O. The molecular weight excluding hydrogens is 406 g/mol. The highest BCUT2D eigenvalue weighted by Gasteiger charge is 2.43. The van der Waals surface area contributed by atoms with Crippen molar-refractivity contribution in [2.24, 2.45) is 11.8 Å². The minimum Gasteiger partial charge on any atom is -0.481 e. The van der Waals surface area contributed by atoms with E-state index in [0.29, 0.717) is 31.5 Å². The lowest BCUT2D eigenvalue weighted by Crippen LogP contribution is -2.23. The third-order valence-corrected chi connectivity index (χ3v) is 6.53. The number of hydrogen-bond acceptors (Lipinski definition) is 4. The first-order valence-corrected chi connectivity index (χ1v) is 11.9. The Morgan fingerprint density at radius 2 is 1.72 bits per heavy atom. The summed E-state index contributed by atoms with van der Waals surface area (Å²) >= 11 is 0. The summed E-state index contributed by atoms with van der Waals surface area (Å²) in [5.74, 6) is -0.169. The van der Waals surface area contributed by atoms with Gasteiger partial charge in [-0.1, -0.05) is 44.8 Å². The molecule has 0 aromatic rings. The molecule has 168 valence electrons. The van der Waals surface area contributed by atoms with Crippen LogP contribution in [0.25, 0.3) is 0 Å². The van der Waals surface area contributed by atoms with E-state index in [-0.39, 0.29) is 49.3 Å². The third-order valence-electron chi connectivity index (χ3n) is 5.92. The molecule has 0 bridgehead atoms. The summed E-state index contributed by atoms with van der Waals surface area (Å²) in [6, 6.07) is 0. The van der Waals surface area contributed by atoms with Crippen LogP contribution >= 0.6 is 18.8 Å². The van der Waals surface area contributed by atoms with Crippen molar-refractivity contribution < 1.29 is 23.7 Å². The van der Waals surface area contributed by atoms with E-state index in [1.165, 1.54) is 19.3 Å². The van der Waals surface area contributed by atoms with Gasteiger partial charge >= 0.3 is 5.97 Å². The van der Waals surface area contributed by atoms with E-state index in [1.807, 2.05) is 6.08 Å². The summed E-state index contributed by atoms with van der Waals surface area (Å²) in [5, 5.41) is 8.73. The highest BCUT2D eigenvalue weighted by molar-refractivity contribution is 7.10. The van der Waals surface area contributed by atoms with E-state index in [2.05, 4.69) is 13.0 Å². The zero-order chi connectivity index (χ0) is 22.9. The molecule has 1 N–H and O–H groups in total. The Bertz CT molecular complexity index is 536. The molecule has 1 aliphatic carbocycles. The van der Waals surface area contributed by atoms with Gasteiger partial charge in [0.2, 0.25) is 0 Å². The maximum Gasteiger partial charge on any atom is 0.303 e. The molecule has 0 amide bonds. The van der Waals surface area contributed by atoms with E-state index in [1.54, 1.807) is 0 Å². The summed E-state index contributed by atoms with van der Waals surface area (Å²) < 4.78 is 26.4. The fourth-order valence-electron chi connectivity index (χ4n) is 4.25. The fraction of sp³-hybridized carbons (Fsp3) is 0.818. The molecule has 0 spiro atoms. The molecule has 1 saturated carbocycles. The van der Waals surface area contributed by atoms with Crippen molar-refractivity contribution in [3.8, 4) is 0 Å². The normalized spacial score (nSPS) is 26.1. The van der Waals surface area contributed by atoms with Crippen molar-refractivity contribution in [2.75, 3.05) is 0 Å². The van der Waals surface area contributed by atoms with E-state index in [4.69, 9.17) is 16.7 Å². The van der Waals surface area contributed by atoms with Crippen LogP contribution in [0, 0.1) is 11.8 Å². The topological polar surface area (TPSA) is 72.8 Å². The van der Waals surface area contributed by atoms with Crippen molar-refractivity contribution in [1.82, 2.24) is 0 Å². The first-order valence-electron chi connectivity index (χ1n) is 12.1. The molecule has 0 saturated heterocycles. The van der Waals surface area contributed by atoms with Crippen LogP contribution in [0.2, 0.25) is 0 Å². The monoisotopic (exact) mass is 450 g/mol. The highest BCUT2D eigenvalue weighted by atomic mass is 31.0. The summed E-state index contributed by atoms with van der Waals surface area (Å²) in [6.45, 7) is 2.18. The fourth-order valence-corrected chi connectivity index (χ4v) is 4.79. The molecule has 1 fully saturated rings. The molecule has 0 heterocycles. The van der Waals surface area contributed by atoms with Gasteiger partial charge in [0, 0.05) is 44.5 Å². The number of unbranched alkanes of at least 4 members (excludes halogenated alkanes) is 5. The Balaban J connectivity index is 2.60. The first-order chi connectivity index (χ1) is 15.0. The average molecular weight is 451 g/mol. The van der Waals surface area contributed by atoms with Gasteiger partial charge in [0.25, 0.3) is 0 Å². The zero-order valence-electron chi connectivity index (χ0n) is 19.7. The van der Waals surface area contributed by atoms with Crippen LogP contribution in [-0.2, 0) is 18.6 Å². The molecule has 6 atom stereocenters. The smallest absolute Gasteiger partial charge is 0.303 e. The lowest BCUT2D eigenvalue weighted by molar-refractivity contribution is -0.137. The van der Waals surface area contributed by atoms with E-state index in [0.717, 1.165) is 32.1 Å². The number of carbonyl (C=O) groups excluding carboxylic acids is 1. The van der Waals surface area contributed by atoms with Crippen LogP contribution < -0.4 is 0 Å². The molecule has 0 aliphatic heterocycles. The number of allylic oxidation sites excluding steroid dienone is 2. The second kappa shape index (κ2) is 16.4. The number of Topliss-reactive ketones (excluding diaryl/α,β-unsaturated/α-hetero) is 1. The van der Waals surface area contributed by atoms with Crippen molar-refractivity contribution in [1.29, 1.82) is 2.56 Å². The molecule has 3 unspecified atom stereocenters. The molecule has 0 aromatic heterocycles. The zero-order valence-corrected chi connectivity index (χ0v) is 19.7. The van der Waals surface area contributed by atoms with Crippen LogP contribution in [0.3, 0.4) is 0 Å². The van der Waals surface area contributed by atoms with Crippen molar-refractivity contribution in [3.05, 3.63) is 12.2 Å². The van der Waals surface area contributed by atoms with Gasteiger partial charge < -0.3 is 14.2 Å². The van der Waals surface area contributed by atoms with Gasteiger partial charge in [-0.25, -0.2) is 0 Å². The van der Waals surface area contributed by atoms with E-state index < -0.39 is 5.97 Å². The van der Waals surface area contributed by atoms with Crippen molar-refractivity contribution >= 4 is 30.6 Å². The summed E-state index contributed by atoms with van der Waals surface area (Å²) in [4.78, 5) is 23.0. The van der Waals surface area contributed by atoms with Crippen LogP contribution in [0.5, 0.6) is 0 Å². The molecule has 5 nitrogen and oxygen atoms in total. The van der Waals surface area contributed by atoms with Gasteiger partial charge in [-0.05, 0) is 43.9 Å². The summed E-state index contributed by atoms with van der Waals surface area (Å²) in [7, 11) is -0.699. The van der Waals surface area contributed by atoms with Gasteiger partial charge in [0.05, 0.1) is 14.8 Å². The number of ketones is 1. The molecule has 0 aromatic carbocycles. The van der Waals surface area contributed by atoms with Gasteiger partial charge in [0.15, 0.2) is 0 Å². The van der Waals surface area contributed by atoms with Gasteiger partial charge in [0.1, 0.15) is 5.78 Å². The lowest BCUT2D eigenvalue weighted by Gasteiger charge is -2.24. The minimum atomic E-state index is -0.777. The van der Waals surface area contributed by atoms with Crippen molar-refractivity contribution in [2.45, 2.75) is 103 Å². The van der Waals surface area contributed by atoms with Crippen LogP contribution in [0.1, 0.15) is 90.4 Å². The number of aliphatic carboxylic acids is 1. The molecule has 1 aliphatic rings. The predicted molar refractivity (Wildman–Crippen MR) is 124 cm³/mol. The van der Waals surface area contributed by atoms with Gasteiger partial charge in [-0.2, -0.15) is 0 Å². The van der Waals surface area contributed by atoms with Crippen LogP contribution in [0.15, 0.2) is 12.2 Å². The molecule has 7 heteroatoms. The second-order valence-corrected chi connectivity index (χ2v) is 8.58. The molecule has 1 rings (SSSR count). The third kappa shape index (κ3) is 11.0. The Morgan fingerprint density at radius 1 is 1.00 bits per heavy atom. The first kappa shape index (κ1) is 23.3. The quantitative estimate of drug-likeness (QED) is 0.151. The van der Waals surface area contributed by atoms with Crippen LogP contribution in [-0.4, -0.2) is 31.6 Å². The molecule has 0 radical (unpaired) electrons. The Labute approximate surface area is 183 Å². The summed E-state index contributed by atoms with van der Waals surface area (Å²) in [6.07, 6.45) is 14.5. The number of rotatable bonds is 19. The average Bonchev–Trinajstić information content (AvgIpc) is 3.05. The number of carboxylic acids is 1. The second-order valence-electron chi connectivity index (χ2n) is 8.11. The maximum absolute atomic E-state index is 12.4. The number of carbonyl (C=O) groups is 2.